The highest BCUT2D eigenvalue weighted by Gasteiger charge is 2.08. The number of nitrogens with one attached hydrogen (secondary N) is 2. The van der Waals surface area contributed by atoms with E-state index in [-0.39, 0.29) is 17.7 Å². The lowest BCUT2D eigenvalue weighted by atomic mass is 10.1. The van der Waals surface area contributed by atoms with Crippen LogP contribution in [-0.2, 0) is 4.79 Å². The van der Waals surface area contributed by atoms with E-state index in [9.17, 15) is 9.59 Å². The van der Waals surface area contributed by atoms with Gasteiger partial charge in [0.15, 0.2) is 0 Å². The Morgan fingerprint density at radius 2 is 1.87 bits per heavy atom. The highest BCUT2D eigenvalue weighted by Crippen LogP contribution is 2.13. The molecule has 2 N–H and O–H groups in total. The average molecular weight is 329 g/mol. The van der Waals surface area contributed by atoms with E-state index in [1.54, 1.807) is 41.8 Å². The zero-order valence-corrected chi connectivity index (χ0v) is 14.1. The molecule has 0 saturated heterocycles. The van der Waals surface area contributed by atoms with Crippen molar-refractivity contribution in [2.24, 2.45) is 11.0 Å². The van der Waals surface area contributed by atoms with Crippen LogP contribution in [0.3, 0.4) is 0 Å². The van der Waals surface area contributed by atoms with Gasteiger partial charge in [-0.1, -0.05) is 13.8 Å². The Balaban J connectivity index is 1.94. The monoisotopic (exact) mass is 329 g/mol. The predicted octanol–water partition coefficient (Wildman–Crippen LogP) is 3.41. The van der Waals surface area contributed by atoms with Gasteiger partial charge in [-0.25, -0.2) is 5.43 Å². The molecule has 120 valence electrons. The van der Waals surface area contributed by atoms with Crippen molar-refractivity contribution in [3.05, 3.63) is 51.7 Å². The summed E-state index contributed by atoms with van der Waals surface area (Å²) in [6.45, 7) is 5.64. The second kappa shape index (κ2) is 7.69. The van der Waals surface area contributed by atoms with E-state index in [0.29, 0.717) is 11.3 Å². The van der Waals surface area contributed by atoms with E-state index in [1.807, 2.05) is 32.2 Å². The van der Waals surface area contributed by atoms with Crippen LogP contribution in [0, 0.1) is 12.8 Å². The fourth-order valence-electron chi connectivity index (χ4n) is 1.72. The third-order valence-electron chi connectivity index (χ3n) is 3.19. The standard InChI is InChI=1S/C17H19N3O2S/c1-11(2)16(21)19-14-6-4-13(5-7-14)17(22)20-18-10-15-12(3)8-9-23-15/h4-11H,1-3H3,(H,19,21)(H,20,22). The normalized spacial score (nSPS) is 11.0. The fraction of sp³-hybridized carbons (Fsp3) is 0.235. The van der Waals surface area contributed by atoms with Gasteiger partial charge in [0, 0.05) is 22.0 Å². The number of carbonyl (C=O) groups is 2. The van der Waals surface area contributed by atoms with Gasteiger partial charge in [-0.2, -0.15) is 5.10 Å². The Morgan fingerprint density at radius 1 is 1.17 bits per heavy atom. The molecule has 2 rings (SSSR count). The number of anilines is 1. The molecule has 0 unspecified atom stereocenters. The molecule has 0 radical (unpaired) electrons. The summed E-state index contributed by atoms with van der Waals surface area (Å²) in [5.41, 5.74) is 4.76. The zero-order chi connectivity index (χ0) is 16.8. The molecule has 1 aromatic carbocycles. The Hall–Kier alpha value is -2.47. The maximum absolute atomic E-state index is 12.0. The highest BCUT2D eigenvalue weighted by atomic mass is 32.1. The van der Waals surface area contributed by atoms with Gasteiger partial charge in [0.05, 0.1) is 6.21 Å². The van der Waals surface area contributed by atoms with Crippen molar-refractivity contribution in [3.63, 3.8) is 0 Å². The summed E-state index contributed by atoms with van der Waals surface area (Å²) in [4.78, 5) is 24.6. The molecule has 0 spiro atoms. The van der Waals surface area contributed by atoms with Gasteiger partial charge in [0.2, 0.25) is 5.91 Å². The topological polar surface area (TPSA) is 70.6 Å². The average Bonchev–Trinajstić information content (AvgIpc) is 2.93. The minimum Gasteiger partial charge on any atom is -0.326 e. The van der Waals surface area contributed by atoms with Crippen molar-refractivity contribution in [3.8, 4) is 0 Å². The Bertz CT molecular complexity index is 718. The van der Waals surface area contributed by atoms with Gasteiger partial charge < -0.3 is 5.32 Å². The Kier molecular flexibility index (Phi) is 5.65. The van der Waals surface area contributed by atoms with Crippen LogP contribution in [0.4, 0.5) is 5.69 Å². The van der Waals surface area contributed by atoms with E-state index in [0.717, 1.165) is 10.4 Å². The van der Waals surface area contributed by atoms with Crippen LogP contribution in [0.2, 0.25) is 0 Å². The van der Waals surface area contributed by atoms with Crippen LogP contribution in [0.15, 0.2) is 40.8 Å². The first-order valence-corrected chi connectivity index (χ1v) is 8.13. The molecule has 0 bridgehead atoms. The van der Waals surface area contributed by atoms with Crippen molar-refractivity contribution in [1.82, 2.24) is 5.43 Å². The summed E-state index contributed by atoms with van der Waals surface area (Å²) in [5.74, 6) is -0.441. The lowest BCUT2D eigenvalue weighted by molar-refractivity contribution is -0.118. The molecule has 6 heteroatoms. The summed E-state index contributed by atoms with van der Waals surface area (Å²) in [6, 6.07) is 8.69. The highest BCUT2D eigenvalue weighted by molar-refractivity contribution is 7.11. The molecule has 0 atom stereocenters. The second-order valence-corrected chi connectivity index (χ2v) is 6.34. The van der Waals surface area contributed by atoms with Crippen LogP contribution >= 0.6 is 11.3 Å². The maximum atomic E-state index is 12.0. The molecule has 1 aromatic heterocycles. The number of hydrogen-bond acceptors (Lipinski definition) is 4. The first-order valence-electron chi connectivity index (χ1n) is 7.26. The van der Waals surface area contributed by atoms with Gasteiger partial charge in [-0.05, 0) is 48.2 Å². The number of benzene rings is 1. The summed E-state index contributed by atoms with van der Waals surface area (Å²) in [7, 11) is 0. The molecular formula is C17H19N3O2S. The molecule has 2 aromatic rings. The number of amides is 2. The van der Waals surface area contributed by atoms with Gasteiger partial charge >= 0.3 is 0 Å². The van der Waals surface area contributed by atoms with Crippen LogP contribution in [0.1, 0.15) is 34.6 Å². The fourth-order valence-corrected chi connectivity index (χ4v) is 2.51. The third kappa shape index (κ3) is 4.75. The van der Waals surface area contributed by atoms with E-state index in [1.165, 1.54) is 0 Å². The summed E-state index contributed by atoms with van der Waals surface area (Å²) in [5, 5.41) is 8.71. The number of nitrogens with zero attached hydrogens (tertiary/aromatic N) is 1. The Morgan fingerprint density at radius 3 is 2.43 bits per heavy atom. The van der Waals surface area contributed by atoms with Gasteiger partial charge in [-0.3, -0.25) is 9.59 Å². The van der Waals surface area contributed by atoms with Crippen LogP contribution in [0.5, 0.6) is 0 Å². The molecule has 0 aliphatic carbocycles. The zero-order valence-electron chi connectivity index (χ0n) is 13.3. The van der Waals surface area contributed by atoms with E-state index in [4.69, 9.17) is 0 Å². The van der Waals surface area contributed by atoms with Gasteiger partial charge in [0.1, 0.15) is 0 Å². The first kappa shape index (κ1) is 16.9. The van der Waals surface area contributed by atoms with E-state index >= 15 is 0 Å². The molecular weight excluding hydrogens is 310 g/mol. The number of carbonyl (C=O) groups excluding carboxylic acids is 2. The van der Waals surface area contributed by atoms with Crippen molar-refractivity contribution in [2.45, 2.75) is 20.8 Å². The predicted molar refractivity (Wildman–Crippen MR) is 94.0 cm³/mol. The Labute approximate surface area is 139 Å². The minimum absolute atomic E-state index is 0.0573. The number of hydrogen-bond donors (Lipinski definition) is 2. The first-order chi connectivity index (χ1) is 11.0. The summed E-state index contributed by atoms with van der Waals surface area (Å²) < 4.78 is 0. The molecule has 0 fully saturated rings. The maximum Gasteiger partial charge on any atom is 0.271 e. The number of hydrazone groups is 1. The van der Waals surface area contributed by atoms with Crippen LogP contribution in [-0.4, -0.2) is 18.0 Å². The molecule has 5 nitrogen and oxygen atoms in total. The number of thiophene rings is 1. The lowest BCUT2D eigenvalue weighted by Gasteiger charge is -2.08. The molecule has 0 aliphatic heterocycles. The van der Waals surface area contributed by atoms with Crippen LogP contribution < -0.4 is 10.7 Å². The molecule has 0 saturated carbocycles. The lowest BCUT2D eigenvalue weighted by Crippen LogP contribution is -2.19. The second-order valence-electron chi connectivity index (χ2n) is 5.39. The van der Waals surface area contributed by atoms with Crippen LogP contribution in [0.25, 0.3) is 0 Å². The molecule has 1 heterocycles. The quantitative estimate of drug-likeness (QED) is 0.652. The van der Waals surface area contributed by atoms with Crippen molar-refractivity contribution >= 4 is 35.1 Å². The van der Waals surface area contributed by atoms with Gasteiger partial charge in [0.25, 0.3) is 5.91 Å². The summed E-state index contributed by atoms with van der Waals surface area (Å²) in [6.07, 6.45) is 1.63. The van der Waals surface area contributed by atoms with Crippen molar-refractivity contribution in [1.29, 1.82) is 0 Å². The SMILES string of the molecule is Cc1ccsc1C=NNC(=O)c1ccc(NC(=O)C(C)C)cc1. The molecule has 2 amide bonds. The number of rotatable bonds is 5. The van der Waals surface area contributed by atoms with Crippen molar-refractivity contribution in [2.75, 3.05) is 5.32 Å². The molecule has 0 aliphatic rings. The van der Waals surface area contributed by atoms with Gasteiger partial charge in [-0.15, -0.1) is 11.3 Å². The summed E-state index contributed by atoms with van der Waals surface area (Å²) >= 11 is 1.57. The third-order valence-corrected chi connectivity index (χ3v) is 4.14. The van der Waals surface area contributed by atoms with E-state index < -0.39 is 0 Å². The minimum atomic E-state index is -0.294. The smallest absolute Gasteiger partial charge is 0.271 e. The van der Waals surface area contributed by atoms with E-state index in [2.05, 4.69) is 15.8 Å². The molecule has 23 heavy (non-hydrogen) atoms. The van der Waals surface area contributed by atoms with Crippen molar-refractivity contribution < 1.29 is 9.59 Å². The number of aryl methyl sites for hydroxylation is 1. The largest absolute Gasteiger partial charge is 0.326 e.